The van der Waals surface area contributed by atoms with Crippen LogP contribution in [0.15, 0.2) is 12.1 Å². The summed E-state index contributed by atoms with van der Waals surface area (Å²) in [6, 6.07) is 4.27. The molecule has 0 saturated carbocycles. The lowest BCUT2D eigenvalue weighted by molar-refractivity contribution is 0.405. The van der Waals surface area contributed by atoms with E-state index in [1.54, 1.807) is 7.11 Å². The molecule has 0 aliphatic heterocycles. The van der Waals surface area contributed by atoms with Crippen LogP contribution in [0.1, 0.15) is 23.6 Å². The van der Waals surface area contributed by atoms with Gasteiger partial charge >= 0.3 is 0 Å². The average molecular weight is 236 g/mol. The van der Waals surface area contributed by atoms with Crippen LogP contribution in [0.5, 0.6) is 5.75 Å². The second-order valence-electron chi connectivity index (χ2n) is 4.73. The Labute approximate surface area is 104 Å². The Balaban J connectivity index is 2.69. The van der Waals surface area contributed by atoms with Crippen molar-refractivity contribution in [2.24, 2.45) is 11.7 Å². The summed E-state index contributed by atoms with van der Waals surface area (Å²) < 4.78 is 5.43. The van der Waals surface area contributed by atoms with Crippen molar-refractivity contribution in [2.75, 3.05) is 20.2 Å². The summed E-state index contributed by atoms with van der Waals surface area (Å²) >= 11 is 0. The normalized spacial score (nSPS) is 12.5. The zero-order chi connectivity index (χ0) is 12.8. The van der Waals surface area contributed by atoms with Crippen molar-refractivity contribution < 1.29 is 4.74 Å². The summed E-state index contributed by atoms with van der Waals surface area (Å²) in [5.41, 5.74) is 9.34. The number of rotatable bonds is 6. The van der Waals surface area contributed by atoms with Crippen LogP contribution in [0.2, 0.25) is 0 Å². The Morgan fingerprint density at radius 3 is 2.65 bits per heavy atom. The van der Waals surface area contributed by atoms with Gasteiger partial charge in [0.05, 0.1) is 7.11 Å². The molecule has 0 aromatic heterocycles. The molecule has 0 fully saturated rings. The first kappa shape index (κ1) is 14.0. The summed E-state index contributed by atoms with van der Waals surface area (Å²) in [6.07, 6.45) is 0. The van der Waals surface area contributed by atoms with E-state index in [0.29, 0.717) is 5.92 Å². The predicted molar refractivity (Wildman–Crippen MR) is 72.4 cm³/mol. The summed E-state index contributed by atoms with van der Waals surface area (Å²) in [6.45, 7) is 8.85. The maximum Gasteiger partial charge on any atom is 0.123 e. The number of benzene rings is 1. The zero-order valence-corrected chi connectivity index (χ0v) is 11.3. The van der Waals surface area contributed by atoms with Gasteiger partial charge in [0.25, 0.3) is 0 Å². The highest BCUT2D eigenvalue weighted by Gasteiger charge is 2.07. The second-order valence-corrected chi connectivity index (χ2v) is 4.73. The van der Waals surface area contributed by atoms with E-state index in [-0.39, 0.29) is 0 Å². The number of methoxy groups -OCH3 is 1. The number of aryl methyl sites for hydroxylation is 2. The molecule has 17 heavy (non-hydrogen) atoms. The lowest BCUT2D eigenvalue weighted by atomic mass is 10.0. The van der Waals surface area contributed by atoms with Crippen molar-refractivity contribution >= 4 is 0 Å². The molecule has 0 heterocycles. The fourth-order valence-corrected chi connectivity index (χ4v) is 1.89. The lowest BCUT2D eigenvalue weighted by Gasteiger charge is -2.15. The van der Waals surface area contributed by atoms with Crippen LogP contribution < -0.4 is 15.8 Å². The highest BCUT2D eigenvalue weighted by atomic mass is 16.5. The van der Waals surface area contributed by atoms with Gasteiger partial charge in [0, 0.05) is 12.1 Å². The molecule has 1 aromatic carbocycles. The predicted octanol–water partition coefficient (Wildman–Crippen LogP) is 2.00. The Bertz CT molecular complexity index is 363. The Morgan fingerprint density at radius 2 is 2.06 bits per heavy atom. The van der Waals surface area contributed by atoms with Crippen LogP contribution in [0.3, 0.4) is 0 Å². The van der Waals surface area contributed by atoms with E-state index in [1.807, 2.05) is 0 Å². The van der Waals surface area contributed by atoms with Gasteiger partial charge in [0.15, 0.2) is 0 Å². The highest BCUT2D eigenvalue weighted by molar-refractivity contribution is 5.42. The van der Waals surface area contributed by atoms with Crippen LogP contribution in [-0.2, 0) is 6.54 Å². The third-order valence-electron chi connectivity index (χ3n) is 2.99. The maximum absolute atomic E-state index is 5.59. The number of ether oxygens (including phenoxy) is 1. The van der Waals surface area contributed by atoms with Gasteiger partial charge in [0.2, 0.25) is 0 Å². The molecule has 96 valence electrons. The molecule has 0 saturated heterocycles. The lowest BCUT2D eigenvalue weighted by Crippen LogP contribution is -2.26. The van der Waals surface area contributed by atoms with Crippen molar-refractivity contribution in [2.45, 2.75) is 27.3 Å². The van der Waals surface area contributed by atoms with Crippen LogP contribution in [0, 0.1) is 19.8 Å². The molecule has 0 bridgehead atoms. The highest BCUT2D eigenvalue weighted by Crippen LogP contribution is 2.23. The van der Waals surface area contributed by atoms with Crippen molar-refractivity contribution in [1.82, 2.24) is 5.32 Å². The molecule has 0 radical (unpaired) electrons. The SMILES string of the molecule is COc1cc(C)cc(C)c1CNCC(C)CN. The second kappa shape index (κ2) is 6.62. The van der Waals surface area contributed by atoms with Gasteiger partial charge in [-0.1, -0.05) is 13.0 Å². The minimum atomic E-state index is 0.506. The van der Waals surface area contributed by atoms with E-state index < -0.39 is 0 Å². The third kappa shape index (κ3) is 4.02. The van der Waals surface area contributed by atoms with Gasteiger partial charge in [-0.25, -0.2) is 0 Å². The molecule has 3 heteroatoms. The van der Waals surface area contributed by atoms with E-state index in [2.05, 4.69) is 38.2 Å². The quantitative estimate of drug-likeness (QED) is 0.794. The fourth-order valence-electron chi connectivity index (χ4n) is 1.89. The van der Waals surface area contributed by atoms with Crippen molar-refractivity contribution in [1.29, 1.82) is 0 Å². The molecular formula is C14H24N2O. The van der Waals surface area contributed by atoms with Gasteiger partial charge in [-0.2, -0.15) is 0 Å². The minimum absolute atomic E-state index is 0.506. The third-order valence-corrected chi connectivity index (χ3v) is 2.99. The Kier molecular flexibility index (Phi) is 5.45. The van der Waals surface area contributed by atoms with Gasteiger partial charge in [-0.3, -0.25) is 0 Å². The topological polar surface area (TPSA) is 47.3 Å². The number of nitrogens with one attached hydrogen (secondary N) is 1. The van der Waals surface area contributed by atoms with Crippen molar-refractivity contribution in [3.63, 3.8) is 0 Å². The summed E-state index contributed by atoms with van der Waals surface area (Å²) in [5.74, 6) is 1.47. The molecule has 1 aromatic rings. The molecule has 3 nitrogen and oxygen atoms in total. The minimum Gasteiger partial charge on any atom is -0.496 e. The largest absolute Gasteiger partial charge is 0.496 e. The zero-order valence-electron chi connectivity index (χ0n) is 11.3. The standard InChI is InChI=1S/C14H24N2O/c1-10-5-12(3)13(14(6-10)17-4)9-16-8-11(2)7-15/h5-6,11,16H,7-9,15H2,1-4H3. The summed E-state index contributed by atoms with van der Waals surface area (Å²) in [5, 5.41) is 3.43. The van der Waals surface area contributed by atoms with Crippen LogP contribution in [0.4, 0.5) is 0 Å². The first-order valence-electron chi connectivity index (χ1n) is 6.13. The van der Waals surface area contributed by atoms with E-state index in [0.717, 1.165) is 25.4 Å². The first-order chi connectivity index (χ1) is 8.08. The molecule has 3 N–H and O–H groups in total. The van der Waals surface area contributed by atoms with Crippen molar-refractivity contribution in [3.8, 4) is 5.75 Å². The molecule has 1 atom stereocenters. The molecule has 1 rings (SSSR count). The Morgan fingerprint density at radius 1 is 1.35 bits per heavy atom. The average Bonchev–Trinajstić information content (AvgIpc) is 2.30. The number of nitrogens with two attached hydrogens (primary N) is 1. The van der Waals surface area contributed by atoms with Gasteiger partial charge in [-0.05, 0) is 50.0 Å². The van der Waals surface area contributed by atoms with Gasteiger partial charge in [0.1, 0.15) is 5.75 Å². The monoisotopic (exact) mass is 236 g/mol. The van der Waals surface area contributed by atoms with Crippen LogP contribution >= 0.6 is 0 Å². The molecule has 0 aliphatic carbocycles. The first-order valence-corrected chi connectivity index (χ1v) is 6.13. The van der Waals surface area contributed by atoms with Crippen molar-refractivity contribution in [3.05, 3.63) is 28.8 Å². The fraction of sp³-hybridized carbons (Fsp3) is 0.571. The molecule has 0 spiro atoms. The molecule has 0 aliphatic rings. The number of hydrogen-bond acceptors (Lipinski definition) is 3. The van der Waals surface area contributed by atoms with Gasteiger partial charge in [-0.15, -0.1) is 0 Å². The smallest absolute Gasteiger partial charge is 0.123 e. The van der Waals surface area contributed by atoms with Crippen LogP contribution in [-0.4, -0.2) is 20.2 Å². The van der Waals surface area contributed by atoms with Gasteiger partial charge < -0.3 is 15.8 Å². The van der Waals surface area contributed by atoms with Crippen LogP contribution in [0.25, 0.3) is 0 Å². The Hall–Kier alpha value is -1.06. The maximum atomic E-state index is 5.59. The summed E-state index contributed by atoms with van der Waals surface area (Å²) in [4.78, 5) is 0. The van der Waals surface area contributed by atoms with E-state index in [9.17, 15) is 0 Å². The molecular weight excluding hydrogens is 212 g/mol. The molecule has 0 amide bonds. The van der Waals surface area contributed by atoms with E-state index in [1.165, 1.54) is 16.7 Å². The summed E-state index contributed by atoms with van der Waals surface area (Å²) in [7, 11) is 1.72. The molecule has 1 unspecified atom stereocenters. The number of hydrogen-bond donors (Lipinski definition) is 2. The van der Waals surface area contributed by atoms with E-state index in [4.69, 9.17) is 10.5 Å². The van der Waals surface area contributed by atoms with E-state index >= 15 is 0 Å².